The SMILES string of the molecule is COC1=C(CNC[C@H]2CCC(=O)N2)C=C(Cl)C(c2ccncc2)(c2cccc3c2CC[C@@H]3Nc2nc(OC)c(CNC[C@H]3CCC(=O)N3)cc2C(F)(F)F)N1. The van der Waals surface area contributed by atoms with Gasteiger partial charge in [-0.2, -0.15) is 18.2 Å². The number of amides is 2. The molecule has 2 saturated heterocycles. The molecule has 4 atom stereocenters. The molecule has 5 heterocycles. The van der Waals surface area contributed by atoms with Crippen molar-refractivity contribution < 1.29 is 32.2 Å². The van der Waals surface area contributed by atoms with E-state index in [-0.39, 0.29) is 47.7 Å². The van der Waals surface area contributed by atoms with Gasteiger partial charge in [-0.05, 0) is 72.2 Å². The van der Waals surface area contributed by atoms with E-state index in [0.29, 0.717) is 62.7 Å². The summed E-state index contributed by atoms with van der Waals surface area (Å²) in [7, 11) is 2.96. The van der Waals surface area contributed by atoms with E-state index in [1.165, 1.54) is 7.11 Å². The summed E-state index contributed by atoms with van der Waals surface area (Å²) in [6.45, 7) is 1.50. The van der Waals surface area contributed by atoms with Crippen LogP contribution in [-0.4, -0.2) is 67.7 Å². The number of fused-ring (bicyclic) bond motifs is 1. The average Bonchev–Trinajstić information content (AvgIpc) is 3.91. The van der Waals surface area contributed by atoms with Crippen LogP contribution in [0.1, 0.15) is 71.5 Å². The van der Waals surface area contributed by atoms with Crippen molar-refractivity contribution in [1.82, 2.24) is 36.6 Å². The van der Waals surface area contributed by atoms with Gasteiger partial charge in [0.1, 0.15) is 11.4 Å². The minimum atomic E-state index is -4.70. The first kappa shape index (κ1) is 38.4. The van der Waals surface area contributed by atoms with Gasteiger partial charge >= 0.3 is 6.18 Å². The Morgan fingerprint density at radius 3 is 2.24 bits per heavy atom. The number of halogens is 4. The van der Waals surface area contributed by atoms with Crippen LogP contribution in [0.5, 0.6) is 5.88 Å². The predicted octanol–water partition coefficient (Wildman–Crippen LogP) is 4.67. The number of hydrogen-bond acceptors (Lipinski definition) is 10. The Bertz CT molecular complexity index is 2000. The Balaban J connectivity index is 1.18. The third-order valence-electron chi connectivity index (χ3n) is 10.7. The third-order valence-corrected chi connectivity index (χ3v) is 11.1. The number of dihydropyridines is 1. The Kier molecular flexibility index (Phi) is 11.2. The van der Waals surface area contributed by atoms with Crippen molar-refractivity contribution in [2.45, 2.75) is 74.9 Å². The number of carbonyl (C=O) groups excluding carboxylic acids is 2. The molecule has 0 saturated carbocycles. The lowest BCUT2D eigenvalue weighted by atomic mass is 9.77. The summed E-state index contributed by atoms with van der Waals surface area (Å²) in [6.07, 6.45) is 3.97. The summed E-state index contributed by atoms with van der Waals surface area (Å²) in [4.78, 5) is 31.8. The molecular weight excluding hydrogens is 737 g/mol. The molecular formula is C39H44ClF3N8O4. The molecule has 16 heteroatoms. The number of anilines is 1. The first-order valence-corrected chi connectivity index (χ1v) is 18.8. The molecule has 0 radical (unpaired) electrons. The van der Waals surface area contributed by atoms with Gasteiger partial charge in [0.2, 0.25) is 17.7 Å². The van der Waals surface area contributed by atoms with Crippen LogP contribution < -0.4 is 36.6 Å². The van der Waals surface area contributed by atoms with Gasteiger partial charge in [0, 0.05) is 74.6 Å². The van der Waals surface area contributed by atoms with Gasteiger partial charge in [0.15, 0.2) is 5.88 Å². The van der Waals surface area contributed by atoms with Gasteiger partial charge < -0.3 is 41.4 Å². The fraction of sp³-hybridized carbons (Fsp3) is 0.436. The van der Waals surface area contributed by atoms with Crippen molar-refractivity contribution in [2.75, 3.05) is 39.2 Å². The van der Waals surface area contributed by atoms with Crippen molar-refractivity contribution >= 4 is 29.2 Å². The number of nitrogens with zero attached hydrogens (tertiary/aromatic N) is 2. The van der Waals surface area contributed by atoms with Crippen LogP contribution in [-0.2, 0) is 39.0 Å². The Morgan fingerprint density at radius 1 is 0.927 bits per heavy atom. The molecule has 0 spiro atoms. The minimum absolute atomic E-state index is 0.0360. The Morgan fingerprint density at radius 2 is 1.62 bits per heavy atom. The zero-order chi connectivity index (χ0) is 38.7. The standard InChI is InChI=1S/C39H44ClF3N8O4/c1-54-36-22(18-45-20-25-6-10-33(52)47-25)16-30(39(41,42)43)35(50-36)49-31-9-8-27-28(31)4-3-5-29(27)38(24-12-14-44-15-13-24)32(40)17-23(37(51-38)55-2)19-46-21-26-7-11-34(53)48-26/h3-5,12-17,25-26,31,45-46,51H,6-11,18-21H2,1-2H3,(H,47,52)(H,48,53)(H,49,50)/t25-,26-,31+,38?/m1/s1. The Hall–Kier alpha value is -4.86. The van der Waals surface area contributed by atoms with Crippen LogP contribution >= 0.6 is 11.6 Å². The first-order chi connectivity index (χ1) is 26.5. The summed E-state index contributed by atoms with van der Waals surface area (Å²) in [5.74, 6) is 0.264. The highest BCUT2D eigenvalue weighted by atomic mass is 35.5. The number of methoxy groups -OCH3 is 2. The van der Waals surface area contributed by atoms with Crippen LogP contribution in [0.25, 0.3) is 0 Å². The molecule has 6 N–H and O–H groups in total. The van der Waals surface area contributed by atoms with Gasteiger partial charge in [-0.1, -0.05) is 29.8 Å². The summed E-state index contributed by atoms with van der Waals surface area (Å²) in [5.41, 5.74) is 2.43. The van der Waals surface area contributed by atoms with Crippen LogP contribution in [0.4, 0.5) is 19.0 Å². The molecule has 1 aromatic carbocycles. The number of nitrogens with one attached hydrogen (secondary N) is 6. The van der Waals surface area contributed by atoms with Gasteiger partial charge in [0.25, 0.3) is 0 Å². The third kappa shape index (κ3) is 7.96. The normalized spacial score (nSPS) is 23.5. The highest BCUT2D eigenvalue weighted by Crippen LogP contribution is 2.48. The number of aromatic nitrogens is 2. The van der Waals surface area contributed by atoms with E-state index in [4.69, 9.17) is 21.1 Å². The van der Waals surface area contributed by atoms with Crippen molar-refractivity contribution in [3.63, 3.8) is 0 Å². The van der Waals surface area contributed by atoms with E-state index < -0.39 is 23.3 Å². The fourth-order valence-electron chi connectivity index (χ4n) is 8.02. The molecule has 3 aliphatic heterocycles. The molecule has 55 heavy (non-hydrogen) atoms. The summed E-state index contributed by atoms with van der Waals surface area (Å²) in [5, 5.41) is 19.6. The van der Waals surface area contributed by atoms with Gasteiger partial charge in [-0.3, -0.25) is 14.6 Å². The van der Waals surface area contributed by atoms with Crippen LogP contribution in [0.3, 0.4) is 0 Å². The zero-order valence-electron chi connectivity index (χ0n) is 30.5. The molecule has 7 rings (SSSR count). The highest BCUT2D eigenvalue weighted by Gasteiger charge is 2.45. The highest BCUT2D eigenvalue weighted by molar-refractivity contribution is 6.31. The molecule has 2 fully saturated rings. The summed E-state index contributed by atoms with van der Waals surface area (Å²) >= 11 is 7.33. The molecule has 0 bridgehead atoms. The Labute approximate surface area is 322 Å². The second-order valence-corrected chi connectivity index (χ2v) is 14.6. The van der Waals surface area contributed by atoms with E-state index in [0.717, 1.165) is 40.3 Å². The number of ether oxygens (including phenoxy) is 2. The van der Waals surface area contributed by atoms with Gasteiger partial charge in [0.05, 0.1) is 30.9 Å². The summed E-state index contributed by atoms with van der Waals surface area (Å²) in [6, 6.07) is 10.1. The van der Waals surface area contributed by atoms with Gasteiger partial charge in [-0.25, -0.2) is 0 Å². The van der Waals surface area contributed by atoms with Gasteiger partial charge in [-0.15, -0.1) is 0 Å². The zero-order valence-corrected chi connectivity index (χ0v) is 31.3. The molecule has 2 aromatic heterocycles. The van der Waals surface area contributed by atoms with Crippen molar-refractivity contribution in [3.05, 3.63) is 105 Å². The second kappa shape index (κ2) is 16.1. The lowest BCUT2D eigenvalue weighted by molar-refractivity contribution is -0.137. The first-order valence-electron chi connectivity index (χ1n) is 18.4. The molecule has 1 unspecified atom stereocenters. The van der Waals surface area contributed by atoms with Crippen LogP contribution in [0, 0.1) is 0 Å². The molecule has 2 amide bonds. The average molecular weight is 781 g/mol. The lowest BCUT2D eigenvalue weighted by Crippen LogP contribution is -2.47. The minimum Gasteiger partial charge on any atom is -0.482 e. The summed E-state index contributed by atoms with van der Waals surface area (Å²) < 4.78 is 55.3. The largest absolute Gasteiger partial charge is 0.482 e. The molecule has 1 aliphatic carbocycles. The number of benzene rings is 1. The van der Waals surface area contributed by atoms with E-state index >= 15 is 0 Å². The van der Waals surface area contributed by atoms with Crippen LogP contribution in [0.2, 0.25) is 0 Å². The van der Waals surface area contributed by atoms with Crippen molar-refractivity contribution in [1.29, 1.82) is 0 Å². The molecule has 3 aromatic rings. The van der Waals surface area contributed by atoms with E-state index in [1.54, 1.807) is 19.5 Å². The monoisotopic (exact) mass is 780 g/mol. The maximum atomic E-state index is 14.6. The van der Waals surface area contributed by atoms with Crippen LogP contribution in [0.15, 0.2) is 71.4 Å². The maximum absolute atomic E-state index is 14.6. The van der Waals surface area contributed by atoms with Crippen molar-refractivity contribution in [3.8, 4) is 5.88 Å². The van der Waals surface area contributed by atoms with E-state index in [9.17, 15) is 22.8 Å². The second-order valence-electron chi connectivity index (χ2n) is 14.2. The fourth-order valence-corrected chi connectivity index (χ4v) is 8.41. The predicted molar refractivity (Wildman–Crippen MR) is 200 cm³/mol. The number of rotatable bonds is 14. The number of carbonyl (C=O) groups is 2. The van der Waals surface area contributed by atoms with E-state index in [2.05, 4.69) is 41.9 Å². The number of hydrogen-bond donors (Lipinski definition) is 6. The maximum Gasteiger partial charge on any atom is 0.419 e. The number of pyridine rings is 2. The smallest absolute Gasteiger partial charge is 0.419 e. The number of alkyl halides is 3. The molecule has 12 nitrogen and oxygen atoms in total. The lowest BCUT2D eigenvalue weighted by Gasteiger charge is -2.41. The van der Waals surface area contributed by atoms with Crippen molar-refractivity contribution in [2.24, 2.45) is 0 Å². The van der Waals surface area contributed by atoms with E-state index in [1.807, 2.05) is 36.4 Å². The topological polar surface area (TPSA) is 151 Å². The molecule has 292 valence electrons. The molecule has 4 aliphatic rings. The quantitative estimate of drug-likeness (QED) is 0.136.